The summed E-state index contributed by atoms with van der Waals surface area (Å²) >= 11 is 0. The molecule has 0 radical (unpaired) electrons. The first-order chi connectivity index (χ1) is 13.6. The maximum absolute atomic E-state index is 14.1. The van der Waals surface area contributed by atoms with Gasteiger partial charge in [-0.1, -0.05) is 0 Å². The predicted molar refractivity (Wildman–Crippen MR) is 69.8 cm³/mol. The fourth-order valence-electron chi connectivity index (χ4n) is 2.07. The van der Waals surface area contributed by atoms with E-state index in [0.717, 1.165) is 0 Å². The van der Waals surface area contributed by atoms with Crippen molar-refractivity contribution in [3.8, 4) is 0 Å². The Balaban J connectivity index is 6.72. The molecule has 0 rings (SSSR count). The van der Waals surface area contributed by atoms with E-state index < -0.39 is 67.4 Å². The second-order valence-corrected chi connectivity index (χ2v) is 5.73. The molecular weight excluding hydrogens is 482 g/mol. The number of carbonyl (C=O) groups excluding carboxylic acids is 2. The number of nitrogens with zero attached hydrogens (tertiary/aromatic N) is 2. The van der Waals surface area contributed by atoms with E-state index in [1.165, 1.54) is 0 Å². The summed E-state index contributed by atoms with van der Waals surface area (Å²) in [6, 6.07) is 0. The summed E-state index contributed by atoms with van der Waals surface area (Å²) in [4.78, 5) is 23.8. The number of rotatable bonds is 11. The molecule has 0 N–H and O–H groups in total. The van der Waals surface area contributed by atoms with Gasteiger partial charge in [0, 0.05) is 12.8 Å². The summed E-state index contributed by atoms with van der Waals surface area (Å²) in [7, 11) is 0. The van der Waals surface area contributed by atoms with Crippen molar-refractivity contribution in [3.63, 3.8) is 0 Å². The minimum atomic E-state index is -8.20. The molecule has 0 saturated carbocycles. The van der Waals surface area contributed by atoms with Crippen molar-refractivity contribution < 1.29 is 71.1 Å². The van der Waals surface area contributed by atoms with E-state index in [2.05, 4.69) is 9.98 Å². The first-order valence-corrected chi connectivity index (χ1v) is 7.34. The van der Waals surface area contributed by atoms with Gasteiger partial charge in [0.1, 0.15) is 0 Å². The third-order valence-electron chi connectivity index (χ3n) is 3.78. The molecule has 0 aliphatic heterocycles. The highest BCUT2D eigenvalue weighted by atomic mass is 19.4. The Morgan fingerprint density at radius 2 is 0.871 bits per heavy atom. The third kappa shape index (κ3) is 4.54. The van der Waals surface area contributed by atoms with Crippen molar-refractivity contribution in [2.45, 2.75) is 54.3 Å². The zero-order valence-corrected chi connectivity index (χ0v) is 14.3. The molecular formula is C13H8F14N2O2. The van der Waals surface area contributed by atoms with Crippen LogP contribution in [0.2, 0.25) is 0 Å². The summed E-state index contributed by atoms with van der Waals surface area (Å²) in [6.07, 6.45) is -12.3. The second kappa shape index (κ2) is 8.73. The van der Waals surface area contributed by atoms with Crippen molar-refractivity contribution in [2.24, 2.45) is 9.98 Å². The predicted octanol–water partition coefficient (Wildman–Crippen LogP) is 4.89. The largest absolute Gasteiger partial charge is 0.434 e. The summed E-state index contributed by atoms with van der Waals surface area (Å²) < 4.78 is 189. The lowest BCUT2D eigenvalue weighted by Crippen LogP contribution is -2.76. The van der Waals surface area contributed by atoms with Gasteiger partial charge in [-0.05, 0) is 0 Å². The second-order valence-electron chi connectivity index (χ2n) is 5.73. The average molecular weight is 490 g/mol. The van der Waals surface area contributed by atoms with Crippen molar-refractivity contribution in [3.05, 3.63) is 0 Å². The fraction of sp³-hybridized carbons (Fsp3) is 0.846. The Hall–Kier alpha value is -2.22. The molecule has 0 aliphatic carbocycles. The van der Waals surface area contributed by atoms with E-state index >= 15 is 0 Å². The first-order valence-electron chi connectivity index (χ1n) is 7.34. The molecule has 0 saturated heterocycles. The maximum atomic E-state index is 14.1. The Kier molecular flexibility index (Phi) is 8.10. The zero-order valence-electron chi connectivity index (χ0n) is 14.3. The normalized spacial score (nSPS) is 16.2. The van der Waals surface area contributed by atoms with Crippen LogP contribution in [0.5, 0.6) is 0 Å². The monoisotopic (exact) mass is 490 g/mol. The van der Waals surface area contributed by atoms with E-state index in [1.54, 1.807) is 0 Å². The summed E-state index contributed by atoms with van der Waals surface area (Å²) in [6.45, 7) is -3.68. The van der Waals surface area contributed by atoms with Gasteiger partial charge in [0.25, 0.3) is 5.92 Å². The van der Waals surface area contributed by atoms with Crippen LogP contribution in [-0.2, 0) is 9.59 Å². The van der Waals surface area contributed by atoms with Crippen LogP contribution in [0.15, 0.2) is 9.98 Å². The molecule has 1 unspecified atom stereocenters. The highest BCUT2D eigenvalue weighted by molar-refractivity contribution is 5.33. The molecule has 0 spiro atoms. The maximum Gasteiger partial charge on any atom is 0.434 e. The summed E-state index contributed by atoms with van der Waals surface area (Å²) in [5, 5.41) is 0. The summed E-state index contributed by atoms with van der Waals surface area (Å²) in [5.74, 6) is -36.9. The van der Waals surface area contributed by atoms with Crippen LogP contribution >= 0.6 is 0 Å². The fourth-order valence-corrected chi connectivity index (χ4v) is 2.07. The molecule has 4 nitrogen and oxygen atoms in total. The minimum Gasteiger partial charge on any atom is -0.220 e. The quantitative estimate of drug-likeness (QED) is 0.236. The van der Waals surface area contributed by atoms with E-state index in [4.69, 9.17) is 0 Å². The van der Waals surface area contributed by atoms with Gasteiger partial charge in [-0.15, -0.1) is 0 Å². The van der Waals surface area contributed by atoms with Gasteiger partial charge in [0.2, 0.25) is 12.2 Å². The van der Waals surface area contributed by atoms with Crippen LogP contribution in [0.3, 0.4) is 0 Å². The van der Waals surface area contributed by atoms with Gasteiger partial charge in [-0.3, -0.25) is 0 Å². The minimum absolute atomic E-state index is 0.415. The average Bonchev–Trinajstić information content (AvgIpc) is 2.59. The van der Waals surface area contributed by atoms with E-state index in [0.29, 0.717) is 12.2 Å². The Labute approximate surface area is 162 Å². The van der Waals surface area contributed by atoms with Crippen LogP contribution in [0.25, 0.3) is 0 Å². The molecule has 18 heteroatoms. The van der Waals surface area contributed by atoms with Crippen LogP contribution in [0.4, 0.5) is 61.5 Å². The highest BCUT2D eigenvalue weighted by Gasteiger charge is 2.94. The van der Waals surface area contributed by atoms with Crippen molar-refractivity contribution >= 4 is 12.2 Å². The van der Waals surface area contributed by atoms with Gasteiger partial charge in [0.15, 0.2) is 0 Å². The topological polar surface area (TPSA) is 58.9 Å². The molecule has 31 heavy (non-hydrogen) atoms. The van der Waals surface area contributed by atoms with Gasteiger partial charge in [0.05, 0.1) is 13.1 Å². The number of isocyanates is 2. The molecule has 0 bridgehead atoms. The molecule has 0 aromatic carbocycles. The SMILES string of the molecule is O=C=NCCC(F)(F)C(F)(F)C(F)(F)C(F)(F)C(F)(C(F)(F)F)C(F)(F)CCN=C=O. The van der Waals surface area contributed by atoms with E-state index in [1.807, 2.05) is 0 Å². The highest BCUT2D eigenvalue weighted by Crippen LogP contribution is 2.64. The van der Waals surface area contributed by atoms with Gasteiger partial charge in [-0.25, -0.2) is 32.7 Å². The lowest BCUT2D eigenvalue weighted by atomic mass is 9.80. The number of aliphatic imine (C=N–C) groups is 2. The molecule has 0 aliphatic rings. The van der Waals surface area contributed by atoms with Crippen LogP contribution in [0, 0.1) is 0 Å². The van der Waals surface area contributed by atoms with E-state index in [-0.39, 0.29) is 0 Å². The van der Waals surface area contributed by atoms with Crippen molar-refractivity contribution in [1.82, 2.24) is 0 Å². The standard InChI is InChI=1S/C13H8F14N2O2/c14-7(15,1-3-28-5-30)9(18,13(25,26)27)11(21,22)12(23,24)10(19,20)8(16,17)2-4-29-6-31/h1-4H2. The van der Waals surface area contributed by atoms with E-state index in [9.17, 15) is 71.1 Å². The Morgan fingerprint density at radius 3 is 1.19 bits per heavy atom. The smallest absolute Gasteiger partial charge is 0.220 e. The number of hydrogen-bond acceptors (Lipinski definition) is 4. The van der Waals surface area contributed by atoms with Crippen molar-refractivity contribution in [2.75, 3.05) is 13.1 Å². The lowest BCUT2D eigenvalue weighted by molar-refractivity contribution is -0.442. The first kappa shape index (κ1) is 28.8. The number of alkyl halides is 14. The number of hydrogen-bond donors (Lipinski definition) is 0. The lowest BCUT2D eigenvalue weighted by Gasteiger charge is -2.45. The molecule has 0 aromatic rings. The van der Waals surface area contributed by atoms with Gasteiger partial charge < -0.3 is 0 Å². The Morgan fingerprint density at radius 1 is 0.516 bits per heavy atom. The molecule has 1 atom stereocenters. The third-order valence-corrected chi connectivity index (χ3v) is 3.78. The molecule has 0 aromatic heterocycles. The van der Waals surface area contributed by atoms with Crippen molar-refractivity contribution in [1.29, 1.82) is 0 Å². The molecule has 0 amide bonds. The Bertz CT molecular complexity index is 737. The van der Waals surface area contributed by atoms with Gasteiger partial charge in [-0.2, -0.15) is 48.3 Å². The van der Waals surface area contributed by atoms with Gasteiger partial charge >= 0.3 is 35.5 Å². The van der Waals surface area contributed by atoms with Crippen LogP contribution in [-0.4, -0.2) is 66.7 Å². The van der Waals surface area contributed by atoms with Crippen LogP contribution in [0.1, 0.15) is 12.8 Å². The summed E-state index contributed by atoms with van der Waals surface area (Å²) in [5.41, 5.74) is -7.82. The molecule has 180 valence electrons. The number of halogens is 14. The molecule has 0 heterocycles. The van der Waals surface area contributed by atoms with Crippen LogP contribution < -0.4 is 0 Å². The molecule has 0 fully saturated rings. The zero-order chi connectivity index (χ0) is 25.2.